The molecule has 6 heteroatoms. The van der Waals surface area contributed by atoms with E-state index < -0.39 is 5.54 Å². The van der Waals surface area contributed by atoms with Crippen LogP contribution in [0.2, 0.25) is 0 Å². The number of nitrogens with zero attached hydrogens (tertiary/aromatic N) is 5. The number of hydrogen-bond acceptors (Lipinski definition) is 5. The van der Waals surface area contributed by atoms with E-state index in [1.54, 1.807) is 4.90 Å². The lowest BCUT2D eigenvalue weighted by atomic mass is 9.82. The molecule has 23 heavy (non-hydrogen) atoms. The number of carbonyl (C=O) groups is 1. The summed E-state index contributed by atoms with van der Waals surface area (Å²) in [6.45, 7) is 4.29. The number of hydrogen-bond donors (Lipinski definition) is 0. The van der Waals surface area contributed by atoms with Crippen LogP contribution in [0.15, 0.2) is 24.4 Å². The molecule has 2 aliphatic rings. The zero-order chi connectivity index (χ0) is 16.3. The van der Waals surface area contributed by atoms with Gasteiger partial charge in [-0.15, -0.1) is 0 Å². The molecule has 1 spiro atoms. The number of rotatable bonds is 3. The van der Waals surface area contributed by atoms with Crippen LogP contribution in [0.3, 0.4) is 0 Å². The number of amides is 1. The Hall–Kier alpha value is -1.97. The Kier molecular flexibility index (Phi) is 4.60. The topological polar surface area (TPSA) is 63.5 Å². The maximum absolute atomic E-state index is 12.9. The number of likely N-dealkylation sites (tertiary alicyclic amines) is 1. The summed E-state index contributed by atoms with van der Waals surface area (Å²) in [6.07, 6.45) is 3.45. The molecule has 6 nitrogen and oxygen atoms in total. The minimum Gasteiger partial charge on any atom is -0.326 e. The molecular formula is C17H23N5O. The van der Waals surface area contributed by atoms with Crippen molar-refractivity contribution in [1.29, 1.82) is 5.26 Å². The summed E-state index contributed by atoms with van der Waals surface area (Å²) in [5.41, 5.74) is 0.647. The summed E-state index contributed by atoms with van der Waals surface area (Å²) in [4.78, 5) is 23.5. The standard InChI is InChI=1S/C17H23N5O/c1-20-12-13-22(11-7-18)16(23)17(20)5-9-21(10-6-17)14-15-4-2-3-8-19-15/h2-4,8H,5-6,9-14H2,1H3. The van der Waals surface area contributed by atoms with Crippen molar-refractivity contribution in [1.82, 2.24) is 19.7 Å². The van der Waals surface area contributed by atoms with Gasteiger partial charge in [-0.1, -0.05) is 6.07 Å². The van der Waals surface area contributed by atoms with Gasteiger partial charge in [0.2, 0.25) is 5.91 Å². The predicted molar refractivity (Wildman–Crippen MR) is 86.3 cm³/mol. The van der Waals surface area contributed by atoms with Crippen molar-refractivity contribution in [2.75, 3.05) is 39.8 Å². The average Bonchev–Trinajstić information content (AvgIpc) is 2.58. The summed E-state index contributed by atoms with van der Waals surface area (Å²) < 4.78 is 0. The number of nitriles is 1. The Labute approximate surface area is 137 Å². The second-order valence-corrected chi connectivity index (χ2v) is 6.44. The van der Waals surface area contributed by atoms with Gasteiger partial charge in [0.15, 0.2) is 0 Å². The summed E-state index contributed by atoms with van der Waals surface area (Å²) in [6, 6.07) is 8.08. The van der Waals surface area contributed by atoms with Crippen LogP contribution >= 0.6 is 0 Å². The quantitative estimate of drug-likeness (QED) is 0.769. The zero-order valence-corrected chi connectivity index (χ0v) is 13.6. The largest absolute Gasteiger partial charge is 0.326 e. The first kappa shape index (κ1) is 15.9. The van der Waals surface area contributed by atoms with Gasteiger partial charge in [0.05, 0.1) is 11.8 Å². The molecule has 3 heterocycles. The Morgan fingerprint density at radius 3 is 2.70 bits per heavy atom. The van der Waals surface area contributed by atoms with Gasteiger partial charge in [0, 0.05) is 38.9 Å². The minimum atomic E-state index is -0.421. The normalized spacial score (nSPS) is 22.3. The molecule has 1 amide bonds. The first-order valence-electron chi connectivity index (χ1n) is 8.15. The van der Waals surface area contributed by atoms with Crippen molar-refractivity contribution in [3.05, 3.63) is 30.1 Å². The zero-order valence-electron chi connectivity index (χ0n) is 13.6. The summed E-state index contributed by atoms with van der Waals surface area (Å²) in [7, 11) is 2.04. The van der Waals surface area contributed by atoms with Crippen LogP contribution < -0.4 is 0 Å². The molecule has 1 aromatic rings. The number of pyridine rings is 1. The highest BCUT2D eigenvalue weighted by atomic mass is 16.2. The van der Waals surface area contributed by atoms with E-state index >= 15 is 0 Å². The van der Waals surface area contributed by atoms with Gasteiger partial charge in [-0.25, -0.2) is 0 Å². The summed E-state index contributed by atoms with van der Waals surface area (Å²) in [5, 5.41) is 8.92. The van der Waals surface area contributed by atoms with Crippen LogP contribution in [0.5, 0.6) is 0 Å². The van der Waals surface area contributed by atoms with E-state index in [0.717, 1.165) is 44.7 Å². The van der Waals surface area contributed by atoms with Crippen molar-refractivity contribution in [3.8, 4) is 6.07 Å². The molecule has 0 N–H and O–H groups in total. The highest BCUT2D eigenvalue weighted by Gasteiger charge is 2.49. The summed E-state index contributed by atoms with van der Waals surface area (Å²) in [5.74, 6) is 0.130. The lowest BCUT2D eigenvalue weighted by Crippen LogP contribution is -2.67. The Bertz CT molecular complexity index is 589. The van der Waals surface area contributed by atoms with E-state index in [-0.39, 0.29) is 12.5 Å². The second-order valence-electron chi connectivity index (χ2n) is 6.44. The molecule has 0 saturated carbocycles. The van der Waals surface area contributed by atoms with Gasteiger partial charge in [0.25, 0.3) is 0 Å². The SMILES string of the molecule is CN1CCN(CC#N)C(=O)C12CCN(Cc1ccccn1)CC2. The number of aromatic nitrogens is 1. The molecule has 3 rings (SSSR count). The number of carbonyl (C=O) groups excluding carboxylic acids is 1. The van der Waals surface area contributed by atoms with Crippen LogP contribution in [-0.2, 0) is 11.3 Å². The molecule has 0 radical (unpaired) electrons. The number of piperazine rings is 1. The fourth-order valence-corrected chi connectivity index (χ4v) is 3.68. The molecule has 2 saturated heterocycles. The fourth-order valence-electron chi connectivity index (χ4n) is 3.68. The van der Waals surface area contributed by atoms with Gasteiger partial charge in [-0.05, 0) is 32.0 Å². The summed E-state index contributed by atoms with van der Waals surface area (Å²) >= 11 is 0. The van der Waals surface area contributed by atoms with Crippen LogP contribution in [-0.4, -0.2) is 70.9 Å². The third kappa shape index (κ3) is 3.07. The predicted octanol–water partition coefficient (Wildman–Crippen LogP) is 0.714. The smallest absolute Gasteiger partial charge is 0.244 e. The van der Waals surface area contributed by atoms with Gasteiger partial charge < -0.3 is 4.90 Å². The average molecular weight is 313 g/mol. The highest BCUT2D eigenvalue weighted by molar-refractivity contribution is 5.87. The third-order valence-electron chi connectivity index (χ3n) is 5.18. The molecule has 0 aliphatic carbocycles. The first-order chi connectivity index (χ1) is 11.2. The Morgan fingerprint density at radius 1 is 1.26 bits per heavy atom. The Balaban J connectivity index is 1.66. The lowest BCUT2D eigenvalue weighted by molar-refractivity contribution is -0.153. The number of piperidine rings is 1. The van der Waals surface area contributed by atoms with E-state index in [9.17, 15) is 4.79 Å². The number of likely N-dealkylation sites (N-methyl/N-ethyl adjacent to an activating group) is 1. The van der Waals surface area contributed by atoms with Crippen molar-refractivity contribution in [2.24, 2.45) is 0 Å². The third-order valence-corrected chi connectivity index (χ3v) is 5.18. The van der Waals surface area contributed by atoms with Crippen molar-refractivity contribution >= 4 is 5.91 Å². The second kappa shape index (κ2) is 6.65. The van der Waals surface area contributed by atoms with Crippen LogP contribution in [0.4, 0.5) is 0 Å². The van der Waals surface area contributed by atoms with Crippen LogP contribution in [0.25, 0.3) is 0 Å². The van der Waals surface area contributed by atoms with E-state index in [0.29, 0.717) is 6.54 Å². The first-order valence-corrected chi connectivity index (χ1v) is 8.15. The highest BCUT2D eigenvalue weighted by Crippen LogP contribution is 2.33. The minimum absolute atomic E-state index is 0.130. The van der Waals surface area contributed by atoms with Crippen LogP contribution in [0, 0.1) is 11.3 Å². The molecule has 0 bridgehead atoms. The van der Waals surface area contributed by atoms with Crippen molar-refractivity contribution < 1.29 is 4.79 Å². The van der Waals surface area contributed by atoms with Gasteiger partial charge in [-0.2, -0.15) is 5.26 Å². The van der Waals surface area contributed by atoms with E-state index in [1.165, 1.54) is 0 Å². The molecule has 122 valence electrons. The molecule has 1 aromatic heterocycles. The molecule has 2 fully saturated rings. The fraction of sp³-hybridized carbons (Fsp3) is 0.588. The molecule has 2 aliphatic heterocycles. The Morgan fingerprint density at radius 2 is 2.04 bits per heavy atom. The van der Waals surface area contributed by atoms with E-state index in [1.807, 2.05) is 31.4 Å². The van der Waals surface area contributed by atoms with Gasteiger partial charge in [-0.3, -0.25) is 19.6 Å². The van der Waals surface area contributed by atoms with E-state index in [2.05, 4.69) is 20.9 Å². The maximum Gasteiger partial charge on any atom is 0.244 e. The molecule has 0 unspecified atom stereocenters. The van der Waals surface area contributed by atoms with Gasteiger partial charge in [0.1, 0.15) is 12.1 Å². The van der Waals surface area contributed by atoms with Gasteiger partial charge >= 0.3 is 0 Å². The van der Waals surface area contributed by atoms with Crippen LogP contribution in [0.1, 0.15) is 18.5 Å². The van der Waals surface area contributed by atoms with E-state index in [4.69, 9.17) is 5.26 Å². The lowest BCUT2D eigenvalue weighted by Gasteiger charge is -2.51. The van der Waals surface area contributed by atoms with Crippen molar-refractivity contribution in [3.63, 3.8) is 0 Å². The molecular weight excluding hydrogens is 290 g/mol. The molecule has 0 atom stereocenters. The maximum atomic E-state index is 12.9. The monoisotopic (exact) mass is 313 g/mol. The molecule has 0 aromatic carbocycles. The van der Waals surface area contributed by atoms with Crippen molar-refractivity contribution in [2.45, 2.75) is 24.9 Å².